The highest BCUT2D eigenvalue weighted by molar-refractivity contribution is 5.85. The minimum absolute atomic E-state index is 0.125. The van der Waals surface area contributed by atoms with Gasteiger partial charge in [0.25, 0.3) is 0 Å². The highest BCUT2D eigenvalue weighted by atomic mass is 16.1. The van der Waals surface area contributed by atoms with Gasteiger partial charge in [0.1, 0.15) is 11.3 Å². The molecule has 0 radical (unpaired) electrons. The zero-order valence-corrected chi connectivity index (χ0v) is 5.75. The second kappa shape index (κ2) is 2.51. The lowest BCUT2D eigenvalue weighted by Crippen LogP contribution is -2.25. The van der Waals surface area contributed by atoms with Crippen LogP contribution in [0.25, 0.3) is 10.4 Å². The first kappa shape index (κ1) is 7.98. The predicted octanol–water partition coefficient (Wildman–Crippen LogP) is 1.66. The molecule has 0 aromatic carbocycles. The van der Waals surface area contributed by atoms with E-state index in [1.807, 2.05) is 0 Å². The molecule has 0 heterocycles. The summed E-state index contributed by atoms with van der Waals surface area (Å²) in [6, 6.07) is 0. The Kier molecular flexibility index (Phi) is 2.22. The normalized spacial score (nSPS) is 10.1. The van der Waals surface area contributed by atoms with Crippen molar-refractivity contribution < 1.29 is 4.79 Å². The molecular weight excluding hydrogens is 118 g/mol. The molecule has 4 heteroatoms. The smallest absolute Gasteiger partial charge is 0.141 e. The SMILES string of the molecule is CC(=O)C(C)(C)N=[N+]=[N-]. The summed E-state index contributed by atoms with van der Waals surface area (Å²) >= 11 is 0. The van der Waals surface area contributed by atoms with Gasteiger partial charge < -0.3 is 0 Å². The van der Waals surface area contributed by atoms with Gasteiger partial charge in [-0.25, -0.2) is 0 Å². The van der Waals surface area contributed by atoms with Crippen LogP contribution >= 0.6 is 0 Å². The highest BCUT2D eigenvalue weighted by Crippen LogP contribution is 2.09. The molecule has 0 saturated heterocycles. The number of azide groups is 1. The van der Waals surface area contributed by atoms with E-state index < -0.39 is 5.54 Å². The standard InChI is InChI=1S/C5H9N3O/c1-4(9)5(2,3)7-8-6/h1-3H3. The largest absolute Gasteiger partial charge is 0.299 e. The summed E-state index contributed by atoms with van der Waals surface area (Å²) in [6.07, 6.45) is 0. The summed E-state index contributed by atoms with van der Waals surface area (Å²) in [5.74, 6) is -0.125. The van der Waals surface area contributed by atoms with E-state index in [1.54, 1.807) is 13.8 Å². The maximum Gasteiger partial charge on any atom is 0.141 e. The predicted molar refractivity (Wildman–Crippen MR) is 33.9 cm³/mol. The molecule has 0 saturated carbocycles. The second-order valence-electron chi connectivity index (χ2n) is 2.30. The van der Waals surface area contributed by atoms with Gasteiger partial charge in [-0.15, -0.1) is 0 Å². The lowest BCUT2D eigenvalue weighted by atomic mass is 10.0. The average Bonchev–Trinajstić information content (AvgIpc) is 1.65. The van der Waals surface area contributed by atoms with Crippen LogP contribution in [0, 0.1) is 0 Å². The monoisotopic (exact) mass is 127 g/mol. The summed E-state index contributed by atoms with van der Waals surface area (Å²) in [7, 11) is 0. The van der Waals surface area contributed by atoms with Crippen LogP contribution in [0.4, 0.5) is 0 Å². The fourth-order valence-corrected chi connectivity index (χ4v) is 0.182. The Balaban J connectivity index is 4.37. The maximum atomic E-state index is 10.6. The molecule has 4 nitrogen and oxygen atoms in total. The minimum atomic E-state index is -0.880. The summed E-state index contributed by atoms with van der Waals surface area (Å²) < 4.78 is 0. The fraction of sp³-hybridized carbons (Fsp3) is 0.800. The molecule has 0 aromatic rings. The zero-order chi connectivity index (χ0) is 7.49. The molecule has 0 fully saturated rings. The first-order chi connectivity index (χ1) is 4.00. The van der Waals surface area contributed by atoms with Crippen molar-refractivity contribution in [2.45, 2.75) is 26.3 Å². The quantitative estimate of drug-likeness (QED) is 0.316. The number of nitrogens with zero attached hydrogens (tertiary/aromatic N) is 3. The average molecular weight is 127 g/mol. The van der Waals surface area contributed by atoms with Crippen molar-refractivity contribution in [1.82, 2.24) is 0 Å². The topological polar surface area (TPSA) is 65.8 Å². The minimum Gasteiger partial charge on any atom is -0.299 e. The van der Waals surface area contributed by atoms with Crippen LogP contribution in [0.15, 0.2) is 5.11 Å². The van der Waals surface area contributed by atoms with E-state index in [0.717, 1.165) is 0 Å². The first-order valence-corrected chi connectivity index (χ1v) is 2.58. The molecule has 0 aliphatic carbocycles. The number of carbonyl (C=O) groups excluding carboxylic acids is 1. The van der Waals surface area contributed by atoms with Crippen molar-refractivity contribution in [2.24, 2.45) is 5.11 Å². The van der Waals surface area contributed by atoms with Crippen LogP contribution in [0.3, 0.4) is 0 Å². The number of hydrogen-bond acceptors (Lipinski definition) is 2. The van der Waals surface area contributed by atoms with Gasteiger partial charge in [0.05, 0.1) is 0 Å². The fourth-order valence-electron chi connectivity index (χ4n) is 0.182. The van der Waals surface area contributed by atoms with Gasteiger partial charge in [-0.1, -0.05) is 5.11 Å². The summed E-state index contributed by atoms with van der Waals surface area (Å²) in [5.41, 5.74) is 7.08. The van der Waals surface area contributed by atoms with Crippen molar-refractivity contribution in [3.05, 3.63) is 10.4 Å². The van der Waals surface area contributed by atoms with Crippen LogP contribution < -0.4 is 0 Å². The summed E-state index contributed by atoms with van der Waals surface area (Å²) in [4.78, 5) is 13.1. The zero-order valence-electron chi connectivity index (χ0n) is 5.75. The number of Topliss-reactive ketones (excluding diaryl/α,β-unsaturated/α-hetero) is 1. The third-order valence-electron chi connectivity index (χ3n) is 1.16. The molecular formula is C5H9N3O. The lowest BCUT2D eigenvalue weighted by Gasteiger charge is -2.11. The molecule has 0 rings (SSSR count). The molecule has 50 valence electrons. The molecule has 0 spiro atoms. The molecule has 0 atom stereocenters. The summed E-state index contributed by atoms with van der Waals surface area (Å²) in [6.45, 7) is 4.55. The maximum absolute atomic E-state index is 10.6. The number of hydrogen-bond donors (Lipinski definition) is 0. The number of rotatable bonds is 2. The Morgan fingerprint density at radius 2 is 2.11 bits per heavy atom. The Morgan fingerprint density at radius 1 is 1.67 bits per heavy atom. The van der Waals surface area contributed by atoms with Gasteiger partial charge in [0, 0.05) is 4.91 Å². The third kappa shape index (κ3) is 2.15. The first-order valence-electron chi connectivity index (χ1n) is 2.58. The van der Waals surface area contributed by atoms with Gasteiger partial charge in [0.15, 0.2) is 0 Å². The van der Waals surface area contributed by atoms with E-state index in [0.29, 0.717) is 0 Å². The van der Waals surface area contributed by atoms with Crippen LogP contribution in [0.1, 0.15) is 20.8 Å². The van der Waals surface area contributed by atoms with Gasteiger partial charge >= 0.3 is 0 Å². The van der Waals surface area contributed by atoms with Crippen LogP contribution in [-0.4, -0.2) is 11.3 Å². The molecule has 0 aliphatic rings. The molecule has 0 aromatic heterocycles. The van der Waals surface area contributed by atoms with E-state index in [2.05, 4.69) is 10.0 Å². The van der Waals surface area contributed by atoms with Crippen LogP contribution in [-0.2, 0) is 4.79 Å². The van der Waals surface area contributed by atoms with E-state index >= 15 is 0 Å². The lowest BCUT2D eigenvalue weighted by molar-refractivity contribution is -0.120. The Labute approximate surface area is 53.5 Å². The Bertz CT molecular complexity index is 163. The number of ketones is 1. The molecule has 0 aliphatic heterocycles. The molecule has 9 heavy (non-hydrogen) atoms. The Morgan fingerprint density at radius 3 is 2.22 bits per heavy atom. The van der Waals surface area contributed by atoms with Gasteiger partial charge in [-0.05, 0) is 26.3 Å². The van der Waals surface area contributed by atoms with E-state index in [1.165, 1.54) is 6.92 Å². The molecule has 0 bridgehead atoms. The summed E-state index contributed by atoms with van der Waals surface area (Å²) in [5, 5.41) is 3.29. The van der Waals surface area contributed by atoms with E-state index in [4.69, 9.17) is 5.53 Å². The van der Waals surface area contributed by atoms with Gasteiger partial charge in [-0.2, -0.15) is 0 Å². The highest BCUT2D eigenvalue weighted by Gasteiger charge is 2.20. The van der Waals surface area contributed by atoms with Gasteiger partial charge in [0.2, 0.25) is 0 Å². The van der Waals surface area contributed by atoms with Crippen molar-refractivity contribution in [3.8, 4) is 0 Å². The van der Waals surface area contributed by atoms with Gasteiger partial charge in [-0.3, -0.25) is 4.79 Å². The van der Waals surface area contributed by atoms with Crippen molar-refractivity contribution in [2.75, 3.05) is 0 Å². The molecule has 0 amide bonds. The third-order valence-corrected chi connectivity index (χ3v) is 1.16. The van der Waals surface area contributed by atoms with Crippen LogP contribution in [0.5, 0.6) is 0 Å². The Hall–Kier alpha value is -1.02. The van der Waals surface area contributed by atoms with Crippen molar-refractivity contribution in [1.29, 1.82) is 0 Å². The van der Waals surface area contributed by atoms with E-state index in [-0.39, 0.29) is 5.78 Å². The number of carbonyl (C=O) groups is 1. The molecule has 0 N–H and O–H groups in total. The van der Waals surface area contributed by atoms with E-state index in [9.17, 15) is 4.79 Å². The van der Waals surface area contributed by atoms with Crippen molar-refractivity contribution in [3.63, 3.8) is 0 Å². The molecule has 0 unspecified atom stereocenters. The second-order valence-corrected chi connectivity index (χ2v) is 2.30. The van der Waals surface area contributed by atoms with Crippen LogP contribution in [0.2, 0.25) is 0 Å². The van der Waals surface area contributed by atoms with Crippen molar-refractivity contribution >= 4 is 5.78 Å².